The topological polar surface area (TPSA) is 66.9 Å². The second kappa shape index (κ2) is 5.65. The van der Waals surface area contributed by atoms with Crippen LogP contribution in [0.15, 0.2) is 17.0 Å². The van der Waals surface area contributed by atoms with E-state index in [1.807, 2.05) is 0 Å². The third-order valence-corrected chi connectivity index (χ3v) is 5.72. The molecule has 0 aliphatic carbocycles. The van der Waals surface area contributed by atoms with E-state index in [-0.39, 0.29) is 17.3 Å². The zero-order valence-electron chi connectivity index (χ0n) is 12.7. The Morgan fingerprint density at radius 1 is 1.14 bits per heavy atom. The molecular weight excluding hydrogens is 292 g/mol. The summed E-state index contributed by atoms with van der Waals surface area (Å²) < 4.78 is 31.9. The van der Waals surface area contributed by atoms with E-state index in [0.29, 0.717) is 24.4 Å². The first-order chi connectivity index (χ1) is 9.77. The van der Waals surface area contributed by atoms with Crippen molar-refractivity contribution in [2.24, 2.45) is 0 Å². The van der Waals surface area contributed by atoms with Gasteiger partial charge in [0.1, 0.15) is 5.75 Å². The molecule has 1 aliphatic heterocycles. The number of likely N-dealkylation sites (N-methyl/N-ethyl adjacent to an activating group) is 1. The number of amides is 1. The molecule has 1 heterocycles. The van der Waals surface area contributed by atoms with Crippen molar-refractivity contribution in [3.8, 4) is 5.75 Å². The number of aryl methyl sites for hydroxylation is 2. The van der Waals surface area contributed by atoms with E-state index >= 15 is 0 Å². The van der Waals surface area contributed by atoms with Crippen molar-refractivity contribution in [2.45, 2.75) is 18.7 Å². The fraction of sp³-hybridized carbons (Fsp3) is 0.500. The van der Waals surface area contributed by atoms with Crippen LogP contribution in [0.5, 0.6) is 5.75 Å². The van der Waals surface area contributed by atoms with Crippen LogP contribution in [-0.2, 0) is 14.8 Å². The van der Waals surface area contributed by atoms with Crippen molar-refractivity contribution in [1.82, 2.24) is 9.21 Å². The Morgan fingerprint density at radius 2 is 1.81 bits per heavy atom. The van der Waals surface area contributed by atoms with Gasteiger partial charge in [0.05, 0.1) is 18.6 Å². The maximum Gasteiger partial charge on any atom is 0.243 e. The molecule has 116 valence electrons. The Morgan fingerprint density at radius 3 is 2.38 bits per heavy atom. The second-order valence-electron chi connectivity index (χ2n) is 5.24. The molecule has 0 unspecified atom stereocenters. The molecule has 2 rings (SSSR count). The SMILES string of the molecule is COc1cc(C)c(S(=O)(=O)N2CCN(C)C(=O)C2)cc1C. The Labute approximate surface area is 125 Å². The fourth-order valence-electron chi connectivity index (χ4n) is 2.34. The van der Waals surface area contributed by atoms with Crippen molar-refractivity contribution in [3.05, 3.63) is 23.3 Å². The molecule has 1 aromatic rings. The Balaban J connectivity index is 2.41. The molecular formula is C14H20N2O4S. The van der Waals surface area contributed by atoms with Gasteiger partial charge in [0, 0.05) is 20.1 Å². The minimum atomic E-state index is -3.67. The molecule has 0 spiro atoms. The van der Waals surface area contributed by atoms with E-state index in [0.717, 1.165) is 5.56 Å². The molecule has 1 aromatic carbocycles. The molecule has 0 atom stereocenters. The summed E-state index contributed by atoms with van der Waals surface area (Å²) >= 11 is 0. The number of hydrogen-bond donors (Lipinski definition) is 0. The van der Waals surface area contributed by atoms with E-state index in [9.17, 15) is 13.2 Å². The molecule has 0 radical (unpaired) electrons. The predicted octanol–water partition coefficient (Wildman–Crippen LogP) is 0.775. The van der Waals surface area contributed by atoms with Crippen LogP contribution < -0.4 is 4.74 Å². The van der Waals surface area contributed by atoms with Crippen LogP contribution in [0.3, 0.4) is 0 Å². The van der Waals surface area contributed by atoms with Crippen LogP contribution in [-0.4, -0.2) is 57.3 Å². The Kier molecular flexibility index (Phi) is 4.25. The van der Waals surface area contributed by atoms with Crippen molar-refractivity contribution >= 4 is 15.9 Å². The van der Waals surface area contributed by atoms with E-state index in [1.165, 1.54) is 9.21 Å². The highest BCUT2D eigenvalue weighted by Gasteiger charge is 2.32. The van der Waals surface area contributed by atoms with E-state index < -0.39 is 10.0 Å². The van der Waals surface area contributed by atoms with Gasteiger partial charge in [-0.2, -0.15) is 4.31 Å². The zero-order chi connectivity index (χ0) is 15.8. The summed E-state index contributed by atoms with van der Waals surface area (Å²) in [6.45, 7) is 4.14. The average molecular weight is 312 g/mol. The smallest absolute Gasteiger partial charge is 0.243 e. The molecule has 1 aliphatic rings. The number of rotatable bonds is 3. The summed E-state index contributed by atoms with van der Waals surface area (Å²) in [6, 6.07) is 3.31. The average Bonchev–Trinajstić information content (AvgIpc) is 2.43. The summed E-state index contributed by atoms with van der Waals surface area (Å²) in [5.41, 5.74) is 1.37. The minimum Gasteiger partial charge on any atom is -0.496 e. The molecule has 21 heavy (non-hydrogen) atoms. The van der Waals surface area contributed by atoms with Crippen LogP contribution in [0.1, 0.15) is 11.1 Å². The van der Waals surface area contributed by atoms with Gasteiger partial charge in [-0.05, 0) is 37.1 Å². The lowest BCUT2D eigenvalue weighted by atomic mass is 10.1. The zero-order valence-corrected chi connectivity index (χ0v) is 13.5. The highest BCUT2D eigenvalue weighted by molar-refractivity contribution is 7.89. The van der Waals surface area contributed by atoms with E-state index in [4.69, 9.17) is 4.74 Å². The van der Waals surface area contributed by atoms with Crippen LogP contribution >= 0.6 is 0 Å². The highest BCUT2D eigenvalue weighted by atomic mass is 32.2. The summed E-state index contributed by atoms with van der Waals surface area (Å²) in [6.07, 6.45) is 0. The molecule has 1 fully saturated rings. The minimum absolute atomic E-state index is 0.108. The van der Waals surface area contributed by atoms with Gasteiger partial charge in [-0.1, -0.05) is 0 Å². The quantitative estimate of drug-likeness (QED) is 0.827. The summed E-state index contributed by atoms with van der Waals surface area (Å²) in [5.74, 6) is 0.466. The molecule has 7 heteroatoms. The number of carbonyl (C=O) groups is 1. The number of carbonyl (C=O) groups excluding carboxylic acids is 1. The lowest BCUT2D eigenvalue weighted by molar-refractivity contribution is -0.132. The molecule has 0 bridgehead atoms. The van der Waals surface area contributed by atoms with Gasteiger partial charge in [-0.25, -0.2) is 8.42 Å². The molecule has 0 N–H and O–H groups in total. The lowest BCUT2D eigenvalue weighted by Crippen LogP contribution is -2.50. The number of hydrogen-bond acceptors (Lipinski definition) is 4. The van der Waals surface area contributed by atoms with Crippen molar-refractivity contribution in [1.29, 1.82) is 0 Å². The van der Waals surface area contributed by atoms with Gasteiger partial charge in [0.15, 0.2) is 0 Å². The normalized spacial score (nSPS) is 17.1. The first kappa shape index (κ1) is 15.8. The monoisotopic (exact) mass is 312 g/mol. The van der Waals surface area contributed by atoms with Crippen molar-refractivity contribution in [2.75, 3.05) is 33.8 Å². The number of nitrogens with zero attached hydrogens (tertiary/aromatic N) is 2. The third-order valence-electron chi connectivity index (χ3n) is 3.73. The number of methoxy groups -OCH3 is 1. The lowest BCUT2D eigenvalue weighted by Gasteiger charge is -2.31. The van der Waals surface area contributed by atoms with Gasteiger partial charge in [-0.15, -0.1) is 0 Å². The van der Waals surface area contributed by atoms with Gasteiger partial charge in [0.2, 0.25) is 15.9 Å². The predicted molar refractivity (Wildman–Crippen MR) is 78.9 cm³/mol. The number of benzene rings is 1. The number of sulfonamides is 1. The second-order valence-corrected chi connectivity index (χ2v) is 7.15. The first-order valence-corrected chi connectivity index (χ1v) is 8.10. The number of ether oxygens (including phenoxy) is 1. The van der Waals surface area contributed by atoms with Crippen molar-refractivity contribution < 1.29 is 17.9 Å². The van der Waals surface area contributed by atoms with Crippen LogP contribution in [0, 0.1) is 13.8 Å². The van der Waals surface area contributed by atoms with Gasteiger partial charge >= 0.3 is 0 Å². The van der Waals surface area contributed by atoms with Crippen LogP contribution in [0.25, 0.3) is 0 Å². The summed E-state index contributed by atoms with van der Waals surface area (Å²) in [7, 11) is -0.440. The molecule has 0 saturated carbocycles. The highest BCUT2D eigenvalue weighted by Crippen LogP contribution is 2.28. The van der Waals surface area contributed by atoms with Crippen LogP contribution in [0.2, 0.25) is 0 Å². The Bertz CT molecular complexity index is 670. The maximum atomic E-state index is 12.7. The fourth-order valence-corrected chi connectivity index (χ4v) is 4.01. The van der Waals surface area contributed by atoms with Crippen molar-refractivity contribution in [3.63, 3.8) is 0 Å². The third kappa shape index (κ3) is 2.89. The van der Waals surface area contributed by atoms with Gasteiger partial charge in [0.25, 0.3) is 0 Å². The molecule has 1 amide bonds. The van der Waals surface area contributed by atoms with Gasteiger partial charge < -0.3 is 9.64 Å². The molecule has 0 aromatic heterocycles. The summed E-state index contributed by atoms with van der Waals surface area (Å²) in [4.78, 5) is 13.5. The van der Waals surface area contributed by atoms with E-state index in [1.54, 1.807) is 40.1 Å². The van der Waals surface area contributed by atoms with E-state index in [2.05, 4.69) is 0 Å². The standard InChI is InChI=1S/C14H20N2O4S/c1-10-8-13(11(2)7-12(10)20-4)21(18,19)16-6-5-15(3)14(17)9-16/h7-8H,5-6,9H2,1-4H3. The van der Waals surface area contributed by atoms with Crippen LogP contribution in [0.4, 0.5) is 0 Å². The Hall–Kier alpha value is -1.60. The molecule has 6 nitrogen and oxygen atoms in total. The molecule has 1 saturated heterocycles. The number of piperazine rings is 1. The first-order valence-electron chi connectivity index (χ1n) is 6.66. The van der Waals surface area contributed by atoms with Gasteiger partial charge in [-0.3, -0.25) is 4.79 Å². The largest absolute Gasteiger partial charge is 0.496 e. The maximum absolute atomic E-state index is 12.7. The summed E-state index contributed by atoms with van der Waals surface area (Å²) in [5, 5.41) is 0.